The lowest BCUT2D eigenvalue weighted by molar-refractivity contribution is -0.138. The number of aliphatic carboxylic acids is 1. The molecule has 16 heavy (non-hydrogen) atoms. The Balaban J connectivity index is 1.95. The van der Waals surface area contributed by atoms with Crippen molar-refractivity contribution in [3.05, 3.63) is 30.3 Å². The van der Waals surface area contributed by atoms with Gasteiger partial charge in [0.05, 0.1) is 5.92 Å². The minimum absolute atomic E-state index is 0.113. The fraction of sp³-hybridized carbons (Fsp3) is 0.462. The van der Waals surface area contributed by atoms with E-state index in [0.29, 0.717) is 5.92 Å². The molecule has 1 N–H and O–H groups in total. The first kappa shape index (κ1) is 11.0. The first-order valence-electron chi connectivity index (χ1n) is 5.75. The third-order valence-corrected chi connectivity index (χ3v) is 3.20. The summed E-state index contributed by atoms with van der Waals surface area (Å²) in [6.07, 6.45) is 0.832. The second-order valence-corrected chi connectivity index (χ2v) is 4.31. The van der Waals surface area contributed by atoms with Crippen LogP contribution in [-0.2, 0) is 4.79 Å². The van der Waals surface area contributed by atoms with E-state index in [1.54, 1.807) is 0 Å². The summed E-state index contributed by atoms with van der Waals surface area (Å²) in [6.45, 7) is 3.88. The smallest absolute Gasteiger partial charge is 0.306 e. The van der Waals surface area contributed by atoms with Gasteiger partial charge in [0.15, 0.2) is 0 Å². The van der Waals surface area contributed by atoms with E-state index in [2.05, 4.69) is 24.0 Å². The van der Waals surface area contributed by atoms with E-state index in [9.17, 15) is 4.79 Å². The van der Waals surface area contributed by atoms with Crippen LogP contribution in [0.15, 0.2) is 30.3 Å². The van der Waals surface area contributed by atoms with Crippen molar-refractivity contribution < 1.29 is 9.90 Å². The summed E-state index contributed by atoms with van der Waals surface area (Å²) in [5.74, 6) is -0.426. The molecule has 0 radical (unpaired) electrons. The van der Waals surface area contributed by atoms with Gasteiger partial charge in [-0.15, -0.1) is 0 Å². The van der Waals surface area contributed by atoms with E-state index in [0.717, 1.165) is 19.5 Å². The highest BCUT2D eigenvalue weighted by Crippen LogP contribution is 2.39. The summed E-state index contributed by atoms with van der Waals surface area (Å²) in [7, 11) is 0. The Hall–Kier alpha value is -1.51. The van der Waals surface area contributed by atoms with Crippen LogP contribution in [0.3, 0.4) is 0 Å². The minimum Gasteiger partial charge on any atom is -0.481 e. The third kappa shape index (κ3) is 2.35. The monoisotopic (exact) mass is 219 g/mol. The molecule has 0 saturated heterocycles. The highest BCUT2D eigenvalue weighted by atomic mass is 16.4. The number of hydrogen-bond donors (Lipinski definition) is 1. The molecule has 0 bridgehead atoms. The number of nitrogens with zero attached hydrogens (tertiary/aromatic N) is 1. The van der Waals surface area contributed by atoms with Crippen molar-refractivity contribution in [3.63, 3.8) is 0 Å². The molecule has 1 aromatic carbocycles. The van der Waals surface area contributed by atoms with Gasteiger partial charge in [-0.3, -0.25) is 4.79 Å². The van der Waals surface area contributed by atoms with Gasteiger partial charge in [0.1, 0.15) is 0 Å². The van der Waals surface area contributed by atoms with Crippen molar-refractivity contribution in [1.29, 1.82) is 0 Å². The Morgan fingerprint density at radius 3 is 2.62 bits per heavy atom. The third-order valence-electron chi connectivity index (χ3n) is 3.20. The van der Waals surface area contributed by atoms with E-state index in [1.165, 1.54) is 5.69 Å². The van der Waals surface area contributed by atoms with Gasteiger partial charge >= 0.3 is 5.97 Å². The zero-order chi connectivity index (χ0) is 11.5. The van der Waals surface area contributed by atoms with Crippen LogP contribution >= 0.6 is 0 Å². The van der Waals surface area contributed by atoms with Crippen LogP contribution in [0.4, 0.5) is 5.69 Å². The van der Waals surface area contributed by atoms with Gasteiger partial charge in [-0.1, -0.05) is 18.2 Å². The molecule has 2 atom stereocenters. The predicted octanol–water partition coefficient (Wildman–Crippen LogP) is 2.23. The topological polar surface area (TPSA) is 40.5 Å². The number of para-hydroxylation sites is 1. The summed E-state index contributed by atoms with van der Waals surface area (Å²) in [5.41, 5.74) is 1.18. The lowest BCUT2D eigenvalue weighted by atomic mass is 10.2. The Morgan fingerprint density at radius 2 is 2.12 bits per heavy atom. The van der Waals surface area contributed by atoms with Crippen molar-refractivity contribution in [2.45, 2.75) is 13.3 Å². The van der Waals surface area contributed by atoms with Gasteiger partial charge in [-0.25, -0.2) is 0 Å². The molecule has 0 amide bonds. The molecule has 1 saturated carbocycles. The molecule has 0 spiro atoms. The molecular formula is C13H17NO2. The van der Waals surface area contributed by atoms with Gasteiger partial charge in [0, 0.05) is 18.8 Å². The van der Waals surface area contributed by atoms with E-state index >= 15 is 0 Å². The lowest BCUT2D eigenvalue weighted by Gasteiger charge is -2.22. The average molecular weight is 219 g/mol. The molecular weight excluding hydrogens is 202 g/mol. The molecule has 1 fully saturated rings. The van der Waals surface area contributed by atoms with Gasteiger partial charge in [0.2, 0.25) is 0 Å². The first-order valence-corrected chi connectivity index (χ1v) is 5.75. The van der Waals surface area contributed by atoms with Gasteiger partial charge in [-0.05, 0) is 31.4 Å². The van der Waals surface area contributed by atoms with Crippen molar-refractivity contribution >= 4 is 11.7 Å². The van der Waals surface area contributed by atoms with E-state index in [-0.39, 0.29) is 5.92 Å². The van der Waals surface area contributed by atoms with Gasteiger partial charge in [-0.2, -0.15) is 0 Å². The highest BCUT2D eigenvalue weighted by Gasteiger charge is 2.43. The molecule has 3 heteroatoms. The molecule has 2 rings (SSSR count). The molecule has 0 aliphatic heterocycles. The first-order chi connectivity index (χ1) is 7.72. The van der Waals surface area contributed by atoms with Crippen LogP contribution in [-0.4, -0.2) is 24.2 Å². The second kappa shape index (κ2) is 4.56. The number of anilines is 1. The van der Waals surface area contributed by atoms with Crippen LogP contribution in [0, 0.1) is 11.8 Å². The molecule has 2 unspecified atom stereocenters. The zero-order valence-electron chi connectivity index (χ0n) is 9.47. The summed E-state index contributed by atoms with van der Waals surface area (Å²) in [6, 6.07) is 10.2. The highest BCUT2D eigenvalue weighted by molar-refractivity contribution is 5.73. The quantitative estimate of drug-likeness (QED) is 0.825. The summed E-state index contributed by atoms with van der Waals surface area (Å²) in [4.78, 5) is 13.0. The number of carboxylic acid groups (broad SMARTS) is 1. The number of carboxylic acids is 1. The number of rotatable bonds is 5. The number of carbonyl (C=O) groups is 1. The van der Waals surface area contributed by atoms with Crippen LogP contribution in [0.2, 0.25) is 0 Å². The van der Waals surface area contributed by atoms with Crippen LogP contribution < -0.4 is 4.90 Å². The minimum atomic E-state index is -0.644. The standard InChI is InChI=1S/C13H17NO2/c1-2-14(11-6-4-3-5-7-11)9-10-8-12(10)13(15)16/h3-7,10,12H,2,8-9H2,1H3,(H,15,16). The number of hydrogen-bond acceptors (Lipinski definition) is 2. The van der Waals surface area contributed by atoms with Crippen LogP contribution in [0.5, 0.6) is 0 Å². The summed E-state index contributed by atoms with van der Waals surface area (Å²) in [5, 5.41) is 8.86. The maximum Gasteiger partial charge on any atom is 0.306 e. The maximum atomic E-state index is 10.8. The second-order valence-electron chi connectivity index (χ2n) is 4.31. The summed E-state index contributed by atoms with van der Waals surface area (Å²) < 4.78 is 0. The largest absolute Gasteiger partial charge is 0.481 e. The van der Waals surface area contributed by atoms with Gasteiger partial charge in [0.25, 0.3) is 0 Å². The molecule has 1 aromatic rings. The van der Waals surface area contributed by atoms with E-state index in [1.807, 2.05) is 18.2 Å². The predicted molar refractivity (Wildman–Crippen MR) is 63.6 cm³/mol. The normalized spacial score (nSPS) is 22.8. The Kier molecular flexibility index (Phi) is 3.13. The zero-order valence-corrected chi connectivity index (χ0v) is 9.47. The molecule has 0 heterocycles. The van der Waals surface area contributed by atoms with E-state index < -0.39 is 5.97 Å². The Bertz CT molecular complexity index is 363. The SMILES string of the molecule is CCN(CC1CC1C(=O)O)c1ccccc1. The van der Waals surface area contributed by atoms with Crippen molar-refractivity contribution in [3.8, 4) is 0 Å². The van der Waals surface area contributed by atoms with Gasteiger partial charge < -0.3 is 10.0 Å². The molecule has 3 nitrogen and oxygen atoms in total. The maximum absolute atomic E-state index is 10.8. The molecule has 1 aliphatic rings. The molecule has 0 aromatic heterocycles. The van der Waals surface area contributed by atoms with Crippen molar-refractivity contribution in [2.75, 3.05) is 18.0 Å². The fourth-order valence-electron chi connectivity index (χ4n) is 2.09. The Labute approximate surface area is 95.7 Å². The molecule has 1 aliphatic carbocycles. The van der Waals surface area contributed by atoms with E-state index in [4.69, 9.17) is 5.11 Å². The Morgan fingerprint density at radius 1 is 1.44 bits per heavy atom. The average Bonchev–Trinajstić information content (AvgIpc) is 3.06. The fourth-order valence-corrected chi connectivity index (χ4v) is 2.09. The molecule has 86 valence electrons. The number of benzene rings is 1. The van der Waals surface area contributed by atoms with Crippen LogP contribution in [0.1, 0.15) is 13.3 Å². The lowest BCUT2D eigenvalue weighted by Crippen LogP contribution is -2.26. The van der Waals surface area contributed by atoms with Crippen molar-refractivity contribution in [1.82, 2.24) is 0 Å². The van der Waals surface area contributed by atoms with Crippen molar-refractivity contribution in [2.24, 2.45) is 11.8 Å². The van der Waals surface area contributed by atoms with Crippen LogP contribution in [0.25, 0.3) is 0 Å². The summed E-state index contributed by atoms with van der Waals surface area (Å²) >= 11 is 0.